The number of hydrogen-bond acceptors (Lipinski definition) is 7. The van der Waals surface area contributed by atoms with E-state index in [9.17, 15) is 4.79 Å². The van der Waals surface area contributed by atoms with Gasteiger partial charge in [-0.15, -0.1) is 0 Å². The number of allylic oxidation sites excluding steroid dienone is 1. The van der Waals surface area contributed by atoms with E-state index in [0.717, 1.165) is 117 Å². The summed E-state index contributed by atoms with van der Waals surface area (Å²) in [5.74, 6) is 2.75. The van der Waals surface area contributed by atoms with E-state index in [-0.39, 0.29) is 0 Å². The summed E-state index contributed by atoms with van der Waals surface area (Å²) in [6.07, 6.45) is 14.7. The molecule has 9 heteroatoms. The van der Waals surface area contributed by atoms with E-state index in [2.05, 4.69) is 39.2 Å². The zero-order valence-corrected chi connectivity index (χ0v) is 24.9. The maximum atomic E-state index is 11.7. The van der Waals surface area contributed by atoms with Crippen molar-refractivity contribution in [3.05, 3.63) is 64.7 Å². The van der Waals surface area contributed by atoms with Crippen molar-refractivity contribution in [3.63, 3.8) is 0 Å². The van der Waals surface area contributed by atoms with Crippen molar-refractivity contribution in [2.75, 3.05) is 50.8 Å². The standard InChI is InChI=1S/C34H41N7O2/c42-22-39-13-8-32-30(21-39)34(38-41(32)27-9-14-43-15-10-27)28-3-1-2-24-16-31(36-18-29(24)28)25-4-5-33(37-17-25)40-19-26(20-40)23-6-11-35-12-7-23/h3-5,16-18,22-23,26-27,35H,1-2,6-15,19-21H2. The van der Waals surface area contributed by atoms with Gasteiger partial charge in [-0.3, -0.25) is 14.5 Å². The molecule has 4 aliphatic heterocycles. The number of aryl methyl sites for hydroxylation is 1. The van der Waals surface area contributed by atoms with Gasteiger partial charge in [-0.25, -0.2) is 4.98 Å². The highest BCUT2D eigenvalue weighted by Crippen LogP contribution is 2.39. The maximum absolute atomic E-state index is 11.7. The van der Waals surface area contributed by atoms with E-state index in [4.69, 9.17) is 19.8 Å². The highest BCUT2D eigenvalue weighted by atomic mass is 16.5. The second kappa shape index (κ2) is 11.5. The van der Waals surface area contributed by atoms with Crippen LogP contribution in [-0.2, 0) is 28.9 Å². The number of amides is 1. The molecule has 0 bridgehead atoms. The van der Waals surface area contributed by atoms with Crippen molar-refractivity contribution < 1.29 is 9.53 Å². The summed E-state index contributed by atoms with van der Waals surface area (Å²) in [4.78, 5) is 25.8. The first-order valence-corrected chi connectivity index (χ1v) is 16.2. The molecule has 1 amide bonds. The molecule has 5 aliphatic rings. The van der Waals surface area contributed by atoms with Gasteiger partial charge < -0.3 is 19.9 Å². The molecule has 0 atom stereocenters. The van der Waals surface area contributed by atoms with Crippen molar-refractivity contribution in [2.24, 2.45) is 11.8 Å². The Balaban J connectivity index is 1.03. The second-order valence-corrected chi connectivity index (χ2v) is 12.9. The van der Waals surface area contributed by atoms with E-state index in [1.165, 1.54) is 42.8 Å². The van der Waals surface area contributed by atoms with Gasteiger partial charge in [0, 0.05) is 86.2 Å². The molecule has 224 valence electrons. The minimum atomic E-state index is 0.352. The normalized spacial score (nSPS) is 21.6. The van der Waals surface area contributed by atoms with Crippen molar-refractivity contribution >= 4 is 17.8 Å². The van der Waals surface area contributed by atoms with Crippen LogP contribution in [0.5, 0.6) is 0 Å². The van der Waals surface area contributed by atoms with Crippen LogP contribution in [0, 0.1) is 11.8 Å². The van der Waals surface area contributed by atoms with Crippen LogP contribution in [0.4, 0.5) is 5.82 Å². The number of carbonyl (C=O) groups is 1. The van der Waals surface area contributed by atoms with Crippen LogP contribution in [0.25, 0.3) is 16.8 Å². The first-order valence-electron chi connectivity index (χ1n) is 16.2. The van der Waals surface area contributed by atoms with Crippen LogP contribution >= 0.6 is 0 Å². The van der Waals surface area contributed by atoms with Crippen molar-refractivity contribution in [3.8, 4) is 11.3 Å². The third-order valence-electron chi connectivity index (χ3n) is 10.4. The number of ether oxygens (including phenoxy) is 1. The highest BCUT2D eigenvalue weighted by molar-refractivity contribution is 5.83. The Morgan fingerprint density at radius 2 is 1.84 bits per heavy atom. The van der Waals surface area contributed by atoms with Gasteiger partial charge in [0.2, 0.25) is 6.41 Å². The molecule has 0 radical (unpaired) electrons. The van der Waals surface area contributed by atoms with Gasteiger partial charge >= 0.3 is 0 Å². The van der Waals surface area contributed by atoms with Crippen LogP contribution in [-0.4, -0.2) is 77.0 Å². The molecule has 43 heavy (non-hydrogen) atoms. The second-order valence-electron chi connectivity index (χ2n) is 12.9. The minimum absolute atomic E-state index is 0.352. The Kier molecular flexibility index (Phi) is 7.23. The monoisotopic (exact) mass is 579 g/mol. The molecule has 0 spiro atoms. The van der Waals surface area contributed by atoms with Crippen LogP contribution < -0.4 is 10.2 Å². The van der Waals surface area contributed by atoms with Crippen LogP contribution in [0.2, 0.25) is 0 Å². The van der Waals surface area contributed by atoms with E-state index >= 15 is 0 Å². The maximum Gasteiger partial charge on any atom is 0.210 e. The molecule has 1 N–H and O–H groups in total. The van der Waals surface area contributed by atoms with Gasteiger partial charge in [0.25, 0.3) is 0 Å². The quantitative estimate of drug-likeness (QED) is 0.442. The lowest BCUT2D eigenvalue weighted by Gasteiger charge is -2.45. The summed E-state index contributed by atoms with van der Waals surface area (Å²) in [5, 5.41) is 8.75. The Morgan fingerprint density at radius 1 is 0.977 bits per heavy atom. The molecule has 7 heterocycles. The summed E-state index contributed by atoms with van der Waals surface area (Å²) in [5.41, 5.74) is 9.15. The zero-order valence-electron chi connectivity index (χ0n) is 24.9. The van der Waals surface area contributed by atoms with E-state index < -0.39 is 0 Å². The SMILES string of the molecule is O=CN1CCc2c(c(C3=CCCc4cc(-c5ccc(N6CC(C7CCNCC7)C6)nc5)ncc43)nn2C2CCOCC2)C1. The van der Waals surface area contributed by atoms with Gasteiger partial charge in [-0.2, -0.15) is 5.10 Å². The lowest BCUT2D eigenvalue weighted by molar-refractivity contribution is -0.118. The number of fused-ring (bicyclic) bond motifs is 2. The number of hydrogen-bond donors (Lipinski definition) is 1. The largest absolute Gasteiger partial charge is 0.381 e. The molecule has 0 unspecified atom stereocenters. The van der Waals surface area contributed by atoms with E-state index in [0.29, 0.717) is 12.6 Å². The predicted octanol–water partition coefficient (Wildman–Crippen LogP) is 4.02. The summed E-state index contributed by atoms with van der Waals surface area (Å²) < 4.78 is 7.92. The molecule has 8 rings (SSSR count). The van der Waals surface area contributed by atoms with Crippen molar-refractivity contribution in [1.29, 1.82) is 0 Å². The van der Waals surface area contributed by atoms with E-state index in [1.54, 1.807) is 0 Å². The molecule has 3 aromatic rings. The first-order chi connectivity index (χ1) is 21.2. The van der Waals surface area contributed by atoms with Gasteiger partial charge in [0.1, 0.15) is 5.82 Å². The number of pyridine rings is 2. The average Bonchev–Trinajstić information content (AvgIpc) is 3.43. The predicted molar refractivity (Wildman–Crippen MR) is 166 cm³/mol. The summed E-state index contributed by atoms with van der Waals surface area (Å²) in [6, 6.07) is 6.93. The third-order valence-corrected chi connectivity index (χ3v) is 10.4. The fourth-order valence-corrected chi connectivity index (χ4v) is 7.85. The van der Waals surface area contributed by atoms with Crippen molar-refractivity contribution in [1.82, 2.24) is 30.0 Å². The Bertz CT molecular complexity index is 1510. The third kappa shape index (κ3) is 5.06. The number of nitrogens with zero attached hydrogens (tertiary/aromatic N) is 6. The highest BCUT2D eigenvalue weighted by Gasteiger charge is 2.35. The van der Waals surface area contributed by atoms with Gasteiger partial charge in [0.15, 0.2) is 0 Å². The van der Waals surface area contributed by atoms with Crippen LogP contribution in [0.3, 0.4) is 0 Å². The fourth-order valence-electron chi connectivity index (χ4n) is 7.85. The molecule has 0 aromatic carbocycles. The molecule has 3 saturated heterocycles. The smallest absolute Gasteiger partial charge is 0.210 e. The molecule has 0 saturated carbocycles. The average molecular weight is 580 g/mol. The fraction of sp³-hybridized carbons (Fsp3) is 0.529. The Labute approximate surface area is 253 Å². The number of carbonyl (C=O) groups excluding carboxylic acids is 1. The van der Waals surface area contributed by atoms with Crippen molar-refractivity contribution in [2.45, 2.75) is 57.5 Å². The number of aromatic nitrogens is 4. The molecule has 9 nitrogen and oxygen atoms in total. The topological polar surface area (TPSA) is 88.4 Å². The lowest BCUT2D eigenvalue weighted by Crippen LogP contribution is -2.52. The first kappa shape index (κ1) is 27.0. The molecule has 3 fully saturated rings. The molecule has 1 aliphatic carbocycles. The van der Waals surface area contributed by atoms with E-state index in [1.807, 2.05) is 17.3 Å². The van der Waals surface area contributed by atoms with Gasteiger partial charge in [-0.1, -0.05) is 6.08 Å². The zero-order chi connectivity index (χ0) is 28.8. The Morgan fingerprint density at radius 3 is 2.63 bits per heavy atom. The molecular weight excluding hydrogens is 538 g/mol. The number of nitrogens with one attached hydrogen (secondary N) is 1. The minimum Gasteiger partial charge on any atom is -0.381 e. The number of rotatable bonds is 6. The lowest BCUT2D eigenvalue weighted by atomic mass is 9.80. The summed E-state index contributed by atoms with van der Waals surface area (Å²) >= 11 is 0. The Hall–Kier alpha value is -3.56. The van der Waals surface area contributed by atoms with Gasteiger partial charge in [-0.05, 0) is 87.2 Å². The molecule has 3 aromatic heterocycles. The number of anilines is 1. The number of piperidine rings is 1. The van der Waals surface area contributed by atoms with Gasteiger partial charge in [0.05, 0.1) is 17.4 Å². The summed E-state index contributed by atoms with van der Waals surface area (Å²) in [7, 11) is 0. The summed E-state index contributed by atoms with van der Waals surface area (Å²) in [6.45, 7) is 7.50. The van der Waals surface area contributed by atoms with Crippen LogP contribution in [0.1, 0.15) is 66.2 Å². The van der Waals surface area contributed by atoms with Crippen LogP contribution in [0.15, 0.2) is 36.7 Å². The molecular formula is C34H41N7O2.